The van der Waals surface area contributed by atoms with Crippen LogP contribution in [-0.2, 0) is 16.6 Å². The molecule has 1 atom stereocenters. The third-order valence-electron chi connectivity index (χ3n) is 4.81. The van der Waals surface area contributed by atoms with Crippen LogP contribution in [-0.4, -0.2) is 52.0 Å². The molecule has 1 fully saturated rings. The van der Waals surface area contributed by atoms with Crippen molar-refractivity contribution < 1.29 is 22.6 Å². The molecule has 1 unspecified atom stereocenters. The second kappa shape index (κ2) is 8.89. The molecule has 0 radical (unpaired) electrons. The Balaban J connectivity index is 1.35. The highest BCUT2D eigenvalue weighted by Crippen LogP contribution is 2.22. The van der Waals surface area contributed by atoms with E-state index in [0.717, 1.165) is 0 Å². The minimum atomic E-state index is -1.38. The van der Waals surface area contributed by atoms with Crippen LogP contribution in [0.25, 0.3) is 0 Å². The first-order valence-electron chi connectivity index (χ1n) is 9.36. The summed E-state index contributed by atoms with van der Waals surface area (Å²) in [5, 5.41) is 0.431. The number of nitrogens with zero attached hydrogens (tertiary/aromatic N) is 2. The lowest BCUT2D eigenvalue weighted by molar-refractivity contribution is 0.0501. The standard InChI is InChI=1S/C21H19ClN2O5S/c22-16-4-1-2-6-19(16)30(27)14-15-7-8-18(29-15)21(26)24-11-9-23(10-12-24)20(25)17-5-3-13-28-17/h1-8,13H,9-12,14H2. The molecule has 3 heterocycles. The van der Waals surface area contributed by atoms with Crippen LogP contribution in [0, 0.1) is 0 Å². The Morgan fingerprint density at radius 3 is 2.20 bits per heavy atom. The molecule has 1 aromatic carbocycles. The van der Waals surface area contributed by atoms with E-state index in [-0.39, 0.29) is 29.1 Å². The Bertz CT molecular complexity index is 1070. The van der Waals surface area contributed by atoms with Gasteiger partial charge in [-0.05, 0) is 36.4 Å². The summed E-state index contributed by atoms with van der Waals surface area (Å²) < 4.78 is 23.3. The molecule has 0 aliphatic carbocycles. The molecule has 0 N–H and O–H groups in total. The summed E-state index contributed by atoms with van der Waals surface area (Å²) in [7, 11) is -1.38. The zero-order chi connectivity index (χ0) is 21.1. The van der Waals surface area contributed by atoms with Gasteiger partial charge in [-0.25, -0.2) is 0 Å². The highest BCUT2D eigenvalue weighted by Gasteiger charge is 2.28. The number of hydrogen-bond acceptors (Lipinski definition) is 5. The Morgan fingerprint density at radius 1 is 0.900 bits per heavy atom. The van der Waals surface area contributed by atoms with E-state index in [1.54, 1.807) is 58.3 Å². The van der Waals surface area contributed by atoms with E-state index in [4.69, 9.17) is 20.4 Å². The van der Waals surface area contributed by atoms with Crippen LogP contribution in [0.5, 0.6) is 0 Å². The van der Waals surface area contributed by atoms with Gasteiger partial charge in [-0.3, -0.25) is 13.8 Å². The molecular weight excluding hydrogens is 428 g/mol. The molecule has 0 bridgehead atoms. The first-order chi connectivity index (χ1) is 14.5. The largest absolute Gasteiger partial charge is 0.459 e. The van der Waals surface area contributed by atoms with Crippen molar-refractivity contribution in [1.29, 1.82) is 0 Å². The number of hydrogen-bond donors (Lipinski definition) is 0. The Morgan fingerprint density at radius 2 is 1.57 bits per heavy atom. The van der Waals surface area contributed by atoms with Crippen molar-refractivity contribution in [3.63, 3.8) is 0 Å². The maximum atomic E-state index is 12.7. The number of rotatable bonds is 5. The molecule has 9 heteroatoms. The van der Waals surface area contributed by atoms with E-state index in [9.17, 15) is 13.8 Å². The maximum Gasteiger partial charge on any atom is 0.289 e. The fourth-order valence-electron chi connectivity index (χ4n) is 3.23. The number of carbonyl (C=O) groups excluding carboxylic acids is 2. The van der Waals surface area contributed by atoms with E-state index in [1.807, 2.05) is 0 Å². The molecule has 1 aliphatic rings. The van der Waals surface area contributed by atoms with Crippen molar-refractivity contribution in [2.45, 2.75) is 10.6 Å². The van der Waals surface area contributed by atoms with Crippen molar-refractivity contribution in [1.82, 2.24) is 9.80 Å². The molecule has 4 rings (SSSR count). The lowest BCUT2D eigenvalue weighted by atomic mass is 10.2. The molecule has 30 heavy (non-hydrogen) atoms. The van der Waals surface area contributed by atoms with Gasteiger partial charge < -0.3 is 18.6 Å². The SMILES string of the molecule is O=C(c1ccco1)N1CCN(C(=O)c2ccc(CS(=O)c3ccccc3Cl)o2)CC1. The van der Waals surface area contributed by atoms with Gasteiger partial charge in [-0.1, -0.05) is 23.7 Å². The number of carbonyl (C=O) groups is 2. The van der Waals surface area contributed by atoms with E-state index in [1.165, 1.54) is 6.26 Å². The molecule has 0 saturated carbocycles. The van der Waals surface area contributed by atoms with Crippen molar-refractivity contribution in [3.8, 4) is 0 Å². The summed E-state index contributed by atoms with van der Waals surface area (Å²) >= 11 is 6.09. The summed E-state index contributed by atoms with van der Waals surface area (Å²) in [5.74, 6) is 0.610. The minimum absolute atomic E-state index is 0.127. The fraction of sp³-hybridized carbons (Fsp3) is 0.238. The Labute approximate surface area is 180 Å². The topological polar surface area (TPSA) is 84.0 Å². The summed E-state index contributed by atoms with van der Waals surface area (Å²) in [5.41, 5.74) is 0. The molecule has 2 amide bonds. The average molecular weight is 447 g/mol. The molecule has 1 saturated heterocycles. The van der Waals surface area contributed by atoms with Crippen LogP contribution < -0.4 is 0 Å². The van der Waals surface area contributed by atoms with Crippen LogP contribution in [0.3, 0.4) is 0 Å². The van der Waals surface area contributed by atoms with Gasteiger partial charge >= 0.3 is 0 Å². The van der Waals surface area contributed by atoms with Gasteiger partial charge in [0.25, 0.3) is 11.8 Å². The normalized spacial score (nSPS) is 15.2. The summed E-state index contributed by atoms with van der Waals surface area (Å²) in [6.45, 7) is 1.62. The van der Waals surface area contributed by atoms with E-state index < -0.39 is 10.8 Å². The maximum absolute atomic E-state index is 12.7. The van der Waals surface area contributed by atoms with Crippen LogP contribution in [0.4, 0.5) is 0 Å². The Hall–Kier alpha value is -2.84. The van der Waals surface area contributed by atoms with Crippen molar-refractivity contribution in [3.05, 3.63) is 77.1 Å². The molecular formula is C21H19ClN2O5S. The molecule has 1 aliphatic heterocycles. The molecule has 2 aromatic heterocycles. The average Bonchev–Trinajstić information content (AvgIpc) is 3.45. The quantitative estimate of drug-likeness (QED) is 0.599. The van der Waals surface area contributed by atoms with Gasteiger partial charge in [0.05, 0.1) is 32.7 Å². The van der Waals surface area contributed by atoms with Crippen molar-refractivity contribution in [2.24, 2.45) is 0 Å². The molecule has 0 spiro atoms. The van der Waals surface area contributed by atoms with E-state index >= 15 is 0 Å². The third-order valence-corrected chi connectivity index (χ3v) is 6.65. The van der Waals surface area contributed by atoms with Gasteiger partial charge in [0.2, 0.25) is 0 Å². The second-order valence-electron chi connectivity index (χ2n) is 6.75. The summed E-state index contributed by atoms with van der Waals surface area (Å²) in [6, 6.07) is 13.5. The number of piperazine rings is 1. The first kappa shape index (κ1) is 20.4. The smallest absolute Gasteiger partial charge is 0.289 e. The Kier molecular flexibility index (Phi) is 6.06. The van der Waals surface area contributed by atoms with Crippen molar-refractivity contribution >= 4 is 34.2 Å². The van der Waals surface area contributed by atoms with E-state index in [0.29, 0.717) is 41.9 Å². The predicted molar refractivity (Wildman–Crippen MR) is 111 cm³/mol. The van der Waals surface area contributed by atoms with Gasteiger partial charge in [-0.15, -0.1) is 0 Å². The lowest BCUT2D eigenvalue weighted by Crippen LogP contribution is -2.50. The third kappa shape index (κ3) is 4.34. The highest BCUT2D eigenvalue weighted by molar-refractivity contribution is 7.84. The molecule has 3 aromatic rings. The highest BCUT2D eigenvalue weighted by atomic mass is 35.5. The summed E-state index contributed by atoms with van der Waals surface area (Å²) in [6.07, 6.45) is 1.46. The predicted octanol–water partition coefficient (Wildman–Crippen LogP) is 3.43. The van der Waals surface area contributed by atoms with Gasteiger partial charge in [-0.2, -0.15) is 0 Å². The zero-order valence-corrected chi connectivity index (χ0v) is 17.5. The fourth-order valence-corrected chi connectivity index (χ4v) is 4.71. The summed E-state index contributed by atoms with van der Waals surface area (Å²) in [4.78, 5) is 28.9. The van der Waals surface area contributed by atoms with Gasteiger partial charge in [0.15, 0.2) is 11.5 Å². The van der Waals surface area contributed by atoms with E-state index in [2.05, 4.69) is 0 Å². The lowest BCUT2D eigenvalue weighted by Gasteiger charge is -2.33. The van der Waals surface area contributed by atoms with Gasteiger partial charge in [0, 0.05) is 26.2 Å². The molecule has 7 nitrogen and oxygen atoms in total. The zero-order valence-electron chi connectivity index (χ0n) is 16.0. The monoisotopic (exact) mass is 446 g/mol. The number of furan rings is 2. The number of halogens is 1. The second-order valence-corrected chi connectivity index (χ2v) is 8.57. The number of amides is 2. The van der Waals surface area contributed by atoms with Gasteiger partial charge in [0.1, 0.15) is 5.76 Å². The van der Waals surface area contributed by atoms with Crippen LogP contribution in [0.2, 0.25) is 5.02 Å². The van der Waals surface area contributed by atoms with Crippen LogP contribution >= 0.6 is 11.6 Å². The molecule has 156 valence electrons. The minimum Gasteiger partial charge on any atom is -0.459 e. The number of benzene rings is 1. The van der Waals surface area contributed by atoms with Crippen molar-refractivity contribution in [2.75, 3.05) is 26.2 Å². The van der Waals surface area contributed by atoms with Crippen LogP contribution in [0.15, 0.2) is 68.5 Å². The van der Waals surface area contributed by atoms with Crippen LogP contribution in [0.1, 0.15) is 26.9 Å². The first-order valence-corrected chi connectivity index (χ1v) is 11.1.